The van der Waals surface area contributed by atoms with Gasteiger partial charge in [-0.3, -0.25) is 4.79 Å². The number of aliphatic hydroxyl groups is 1. The summed E-state index contributed by atoms with van der Waals surface area (Å²) < 4.78 is 58.4. The number of aliphatic hydroxyl groups excluding tert-OH is 1. The van der Waals surface area contributed by atoms with Crippen LogP contribution in [0.15, 0.2) is 0 Å². The lowest BCUT2D eigenvalue weighted by Gasteiger charge is -2.48. The van der Waals surface area contributed by atoms with Gasteiger partial charge in [-0.15, -0.1) is 0 Å². The Morgan fingerprint density at radius 2 is 1.50 bits per heavy atom. The first-order chi connectivity index (χ1) is 12.1. The zero-order valence-electron chi connectivity index (χ0n) is 14.7. The smallest absolute Gasteiger partial charge is 0.329 e. The summed E-state index contributed by atoms with van der Waals surface area (Å²) in [6.07, 6.45) is 5.04. The van der Waals surface area contributed by atoms with Crippen molar-refractivity contribution in [3.8, 4) is 0 Å². The Morgan fingerprint density at radius 3 is 2.00 bits per heavy atom. The molecule has 1 amide bonds. The summed E-state index contributed by atoms with van der Waals surface area (Å²) in [5.74, 6) is -9.18. The SMILES string of the molecule is O=C(CNC1(CO)CCC2(CCOCC2)CC1)N1CC(F)(F)C(F)(F)C1. The van der Waals surface area contributed by atoms with E-state index < -0.39 is 36.4 Å². The maximum absolute atomic E-state index is 13.3. The Hall–Kier alpha value is -0.930. The van der Waals surface area contributed by atoms with Gasteiger partial charge in [0.1, 0.15) is 0 Å². The third-order valence-electron chi connectivity index (χ3n) is 6.41. The van der Waals surface area contributed by atoms with Crippen molar-refractivity contribution >= 4 is 5.91 Å². The topological polar surface area (TPSA) is 61.8 Å². The van der Waals surface area contributed by atoms with E-state index in [1.165, 1.54) is 0 Å². The molecule has 2 aliphatic heterocycles. The Morgan fingerprint density at radius 1 is 0.962 bits per heavy atom. The summed E-state index contributed by atoms with van der Waals surface area (Å²) in [5, 5.41) is 12.8. The highest BCUT2D eigenvalue weighted by Gasteiger charge is 2.63. The zero-order chi connectivity index (χ0) is 19.1. The van der Waals surface area contributed by atoms with Crippen LogP contribution in [0.3, 0.4) is 0 Å². The van der Waals surface area contributed by atoms with Crippen LogP contribution in [0.25, 0.3) is 0 Å². The van der Waals surface area contributed by atoms with Crippen molar-refractivity contribution in [1.82, 2.24) is 10.2 Å². The van der Waals surface area contributed by atoms with Crippen LogP contribution in [0.1, 0.15) is 38.5 Å². The molecule has 1 aliphatic carbocycles. The monoisotopic (exact) mass is 382 g/mol. The van der Waals surface area contributed by atoms with Crippen molar-refractivity contribution in [1.29, 1.82) is 0 Å². The summed E-state index contributed by atoms with van der Waals surface area (Å²) in [6.45, 7) is -1.58. The number of alkyl halides is 4. The molecule has 5 nitrogen and oxygen atoms in total. The minimum atomic E-state index is -4.20. The molecule has 2 saturated heterocycles. The van der Waals surface area contributed by atoms with Gasteiger partial charge in [0, 0.05) is 18.8 Å². The van der Waals surface area contributed by atoms with Crippen molar-refractivity contribution in [2.75, 3.05) is 39.5 Å². The molecular weight excluding hydrogens is 356 g/mol. The number of hydrogen-bond acceptors (Lipinski definition) is 4. The first kappa shape index (κ1) is 19.8. The largest absolute Gasteiger partial charge is 0.394 e. The van der Waals surface area contributed by atoms with Gasteiger partial charge in [-0.25, -0.2) is 0 Å². The highest BCUT2D eigenvalue weighted by atomic mass is 19.3. The molecule has 0 aromatic carbocycles. The van der Waals surface area contributed by atoms with Crippen molar-refractivity contribution in [3.05, 3.63) is 0 Å². The summed E-state index contributed by atoms with van der Waals surface area (Å²) in [6, 6.07) is 0. The van der Waals surface area contributed by atoms with E-state index in [9.17, 15) is 27.5 Å². The van der Waals surface area contributed by atoms with Gasteiger partial charge in [-0.05, 0) is 43.9 Å². The molecule has 1 spiro atoms. The molecule has 3 fully saturated rings. The van der Waals surface area contributed by atoms with E-state index in [4.69, 9.17) is 4.74 Å². The van der Waals surface area contributed by atoms with Crippen molar-refractivity contribution in [2.24, 2.45) is 5.41 Å². The molecule has 0 radical (unpaired) electrons. The molecule has 0 atom stereocenters. The standard InChI is InChI=1S/C17H26F4N2O3/c18-16(19)10-23(11-17(16,20)21)13(25)9-22-15(12-24)3-1-14(2-4-15)5-7-26-8-6-14/h22,24H,1-12H2. The van der Waals surface area contributed by atoms with Crippen LogP contribution < -0.4 is 5.32 Å². The normalized spacial score (nSPS) is 29.0. The minimum Gasteiger partial charge on any atom is -0.394 e. The number of rotatable bonds is 4. The van der Waals surface area contributed by atoms with Crippen LogP contribution >= 0.6 is 0 Å². The van der Waals surface area contributed by atoms with Gasteiger partial charge in [-0.2, -0.15) is 17.6 Å². The van der Waals surface area contributed by atoms with Crippen LogP contribution in [0.4, 0.5) is 17.6 Å². The number of hydrogen-bond donors (Lipinski definition) is 2. The molecule has 2 N–H and O–H groups in total. The number of halogens is 4. The molecule has 2 heterocycles. The maximum Gasteiger partial charge on any atom is 0.329 e. The molecule has 3 aliphatic rings. The summed E-state index contributed by atoms with van der Waals surface area (Å²) in [7, 11) is 0. The van der Waals surface area contributed by atoms with Crippen LogP contribution in [-0.2, 0) is 9.53 Å². The lowest BCUT2D eigenvalue weighted by molar-refractivity contribution is -0.172. The number of carbonyl (C=O) groups excluding carboxylic acids is 1. The third-order valence-corrected chi connectivity index (χ3v) is 6.41. The van der Waals surface area contributed by atoms with Crippen LogP contribution in [0.5, 0.6) is 0 Å². The molecule has 9 heteroatoms. The van der Waals surface area contributed by atoms with Gasteiger partial charge in [0.25, 0.3) is 0 Å². The zero-order valence-corrected chi connectivity index (χ0v) is 14.7. The first-order valence-corrected chi connectivity index (χ1v) is 9.10. The molecule has 0 bridgehead atoms. The second kappa shape index (κ2) is 6.91. The molecule has 0 aromatic rings. The number of ether oxygens (including phenoxy) is 1. The first-order valence-electron chi connectivity index (χ1n) is 9.10. The van der Waals surface area contributed by atoms with Gasteiger partial charge in [0.15, 0.2) is 0 Å². The fraction of sp³-hybridized carbons (Fsp3) is 0.941. The Kier molecular flexibility index (Phi) is 5.26. The minimum absolute atomic E-state index is 0.181. The van der Waals surface area contributed by atoms with Crippen molar-refractivity contribution in [2.45, 2.75) is 55.9 Å². The summed E-state index contributed by atoms with van der Waals surface area (Å²) >= 11 is 0. The van der Waals surface area contributed by atoms with Crippen LogP contribution in [0, 0.1) is 5.41 Å². The lowest BCUT2D eigenvalue weighted by atomic mass is 9.64. The fourth-order valence-electron chi connectivity index (χ4n) is 4.27. The highest BCUT2D eigenvalue weighted by Crippen LogP contribution is 2.47. The van der Waals surface area contributed by atoms with Crippen LogP contribution in [-0.4, -0.2) is 72.8 Å². The molecule has 0 aromatic heterocycles. The summed E-state index contributed by atoms with van der Waals surface area (Å²) in [5.41, 5.74) is -0.453. The average Bonchev–Trinajstić information content (AvgIpc) is 2.83. The van der Waals surface area contributed by atoms with E-state index in [0.29, 0.717) is 17.7 Å². The molecule has 0 unspecified atom stereocenters. The predicted molar refractivity (Wildman–Crippen MR) is 85.2 cm³/mol. The van der Waals surface area contributed by atoms with Crippen molar-refractivity contribution < 1.29 is 32.2 Å². The van der Waals surface area contributed by atoms with Gasteiger partial charge in [0.2, 0.25) is 5.91 Å². The second-order valence-electron chi connectivity index (χ2n) is 8.06. The molecule has 150 valence electrons. The molecule has 3 rings (SSSR count). The van der Waals surface area contributed by atoms with Gasteiger partial charge in [0.05, 0.1) is 26.2 Å². The van der Waals surface area contributed by atoms with Gasteiger partial charge < -0.3 is 20.1 Å². The average molecular weight is 382 g/mol. The third kappa shape index (κ3) is 3.71. The van der Waals surface area contributed by atoms with E-state index in [1.807, 2.05) is 0 Å². The number of nitrogens with one attached hydrogen (secondary N) is 1. The second-order valence-corrected chi connectivity index (χ2v) is 8.06. The van der Waals surface area contributed by atoms with E-state index in [1.54, 1.807) is 0 Å². The van der Waals surface area contributed by atoms with Gasteiger partial charge >= 0.3 is 11.8 Å². The predicted octanol–water partition coefficient (Wildman–Crippen LogP) is 1.79. The lowest BCUT2D eigenvalue weighted by Crippen LogP contribution is -2.55. The molecular formula is C17H26F4N2O3. The van der Waals surface area contributed by atoms with E-state index in [-0.39, 0.29) is 18.6 Å². The Balaban J connectivity index is 1.54. The number of likely N-dealkylation sites (tertiary alicyclic amines) is 1. The number of nitrogens with zero attached hydrogens (tertiary/aromatic N) is 1. The summed E-state index contributed by atoms with van der Waals surface area (Å²) in [4.78, 5) is 12.6. The van der Waals surface area contributed by atoms with E-state index >= 15 is 0 Å². The quantitative estimate of drug-likeness (QED) is 0.728. The molecule has 1 saturated carbocycles. The number of amides is 1. The van der Waals surface area contributed by atoms with Crippen molar-refractivity contribution in [3.63, 3.8) is 0 Å². The Labute approximate surface area is 150 Å². The Bertz CT molecular complexity index is 512. The fourth-order valence-corrected chi connectivity index (χ4v) is 4.27. The number of carbonyl (C=O) groups is 1. The van der Waals surface area contributed by atoms with E-state index in [2.05, 4.69) is 5.32 Å². The van der Waals surface area contributed by atoms with Gasteiger partial charge in [-0.1, -0.05) is 0 Å². The van der Waals surface area contributed by atoms with E-state index in [0.717, 1.165) is 38.9 Å². The molecule has 26 heavy (non-hydrogen) atoms. The highest BCUT2D eigenvalue weighted by molar-refractivity contribution is 5.79. The van der Waals surface area contributed by atoms with Crippen LogP contribution in [0.2, 0.25) is 0 Å². The maximum atomic E-state index is 13.3.